The molecule has 0 saturated carbocycles. The van der Waals surface area contributed by atoms with Crippen LogP contribution in [-0.4, -0.2) is 16.6 Å². The molecule has 3 rings (SSSR count). The number of thioether (sulfide) groups is 1. The molecule has 1 aliphatic heterocycles. The van der Waals surface area contributed by atoms with E-state index in [1.54, 1.807) is 11.8 Å². The van der Waals surface area contributed by atoms with Gasteiger partial charge in [-0.2, -0.15) is 0 Å². The number of carbonyl (C=O) groups excluding carboxylic acids is 1. The predicted molar refractivity (Wildman–Crippen MR) is 55.2 cm³/mol. The quantitative estimate of drug-likeness (QED) is 0.707. The Morgan fingerprint density at radius 3 is 3.00 bits per heavy atom. The van der Waals surface area contributed by atoms with E-state index in [1.807, 2.05) is 6.07 Å². The fourth-order valence-electron chi connectivity index (χ4n) is 2.27. The lowest BCUT2D eigenvalue weighted by atomic mass is 10.0. The van der Waals surface area contributed by atoms with Gasteiger partial charge in [-0.25, -0.2) is 0 Å². The number of aryl methyl sites for hydroxylation is 1. The van der Waals surface area contributed by atoms with Gasteiger partial charge < -0.3 is 5.11 Å². The summed E-state index contributed by atoms with van der Waals surface area (Å²) in [5.74, 6) is 1.58. The van der Waals surface area contributed by atoms with Crippen LogP contribution in [0.3, 0.4) is 0 Å². The Morgan fingerprint density at radius 2 is 2.14 bits per heavy atom. The van der Waals surface area contributed by atoms with Crippen molar-refractivity contribution in [2.75, 3.05) is 5.75 Å². The maximum absolute atomic E-state index is 11.7. The molecule has 2 nitrogen and oxygen atoms in total. The van der Waals surface area contributed by atoms with Crippen molar-refractivity contribution < 1.29 is 9.90 Å². The average Bonchev–Trinajstić information content (AvgIpc) is 2.71. The van der Waals surface area contributed by atoms with E-state index in [2.05, 4.69) is 0 Å². The monoisotopic (exact) mass is 206 g/mol. The summed E-state index contributed by atoms with van der Waals surface area (Å²) in [7, 11) is 0. The summed E-state index contributed by atoms with van der Waals surface area (Å²) < 4.78 is 0. The summed E-state index contributed by atoms with van der Waals surface area (Å²) in [5, 5.41) is 9.75. The van der Waals surface area contributed by atoms with Crippen molar-refractivity contribution in [1.29, 1.82) is 0 Å². The maximum Gasteiger partial charge on any atom is 0.164 e. The first-order valence-electron chi connectivity index (χ1n) is 4.81. The Kier molecular flexibility index (Phi) is 1.65. The number of aromatic hydroxyl groups is 1. The van der Waals surface area contributed by atoms with E-state index in [-0.39, 0.29) is 5.78 Å². The molecule has 1 aromatic carbocycles. The van der Waals surface area contributed by atoms with Gasteiger partial charge in [-0.3, -0.25) is 4.79 Å². The van der Waals surface area contributed by atoms with E-state index in [4.69, 9.17) is 0 Å². The summed E-state index contributed by atoms with van der Waals surface area (Å²) >= 11 is 1.75. The van der Waals surface area contributed by atoms with Crippen LogP contribution in [0, 0.1) is 0 Å². The summed E-state index contributed by atoms with van der Waals surface area (Å²) in [6, 6.07) is 1.84. The van der Waals surface area contributed by atoms with Crippen molar-refractivity contribution in [1.82, 2.24) is 0 Å². The SMILES string of the molecule is O=C1CCc2c(O)cc3c(c21)SCC3. The molecule has 2 aliphatic rings. The minimum atomic E-state index is 0.210. The Balaban J connectivity index is 2.34. The minimum Gasteiger partial charge on any atom is -0.508 e. The molecule has 0 atom stereocenters. The molecule has 0 spiro atoms. The molecule has 0 amide bonds. The lowest BCUT2D eigenvalue weighted by molar-refractivity contribution is 0.0992. The van der Waals surface area contributed by atoms with Gasteiger partial charge in [0.2, 0.25) is 0 Å². The van der Waals surface area contributed by atoms with Crippen molar-refractivity contribution in [2.45, 2.75) is 24.2 Å². The molecule has 1 N–H and O–H groups in total. The van der Waals surface area contributed by atoms with E-state index < -0.39 is 0 Å². The molecular formula is C11H10O2S. The van der Waals surface area contributed by atoms with E-state index in [0.29, 0.717) is 18.6 Å². The smallest absolute Gasteiger partial charge is 0.164 e. The molecule has 1 aromatic rings. The van der Waals surface area contributed by atoms with Crippen molar-refractivity contribution in [3.05, 3.63) is 22.8 Å². The number of carbonyl (C=O) groups is 1. The number of fused-ring (bicyclic) bond motifs is 3. The van der Waals surface area contributed by atoms with Crippen LogP contribution in [0.2, 0.25) is 0 Å². The van der Waals surface area contributed by atoms with Gasteiger partial charge in [0, 0.05) is 28.2 Å². The lowest BCUT2D eigenvalue weighted by Gasteiger charge is -2.07. The Hall–Kier alpha value is -0.960. The maximum atomic E-state index is 11.7. The number of phenolic OH excluding ortho intramolecular Hbond substituents is 1. The molecular weight excluding hydrogens is 196 g/mol. The topological polar surface area (TPSA) is 37.3 Å². The summed E-state index contributed by atoms with van der Waals surface area (Å²) in [6.45, 7) is 0. The van der Waals surface area contributed by atoms with Crippen LogP contribution >= 0.6 is 11.8 Å². The highest BCUT2D eigenvalue weighted by molar-refractivity contribution is 7.99. The van der Waals surface area contributed by atoms with Gasteiger partial charge >= 0.3 is 0 Å². The van der Waals surface area contributed by atoms with Crippen molar-refractivity contribution >= 4 is 17.5 Å². The molecule has 0 aromatic heterocycles. The summed E-state index contributed by atoms with van der Waals surface area (Å²) in [6.07, 6.45) is 2.27. The lowest BCUT2D eigenvalue weighted by Crippen LogP contribution is -1.95. The van der Waals surface area contributed by atoms with Gasteiger partial charge in [-0.1, -0.05) is 0 Å². The number of ketones is 1. The molecule has 1 heterocycles. The third-order valence-electron chi connectivity index (χ3n) is 2.94. The molecule has 72 valence electrons. The number of hydrogen-bond donors (Lipinski definition) is 1. The Labute approximate surface area is 86.3 Å². The number of rotatable bonds is 0. The minimum absolute atomic E-state index is 0.210. The fourth-order valence-corrected chi connectivity index (χ4v) is 3.52. The second kappa shape index (κ2) is 2.76. The Morgan fingerprint density at radius 1 is 1.29 bits per heavy atom. The largest absolute Gasteiger partial charge is 0.508 e. The second-order valence-corrected chi connectivity index (χ2v) is 4.86. The fraction of sp³-hybridized carbons (Fsp3) is 0.364. The molecule has 0 fully saturated rings. The normalized spacial score (nSPS) is 18.4. The van der Waals surface area contributed by atoms with Crippen LogP contribution in [-0.2, 0) is 12.8 Å². The molecule has 14 heavy (non-hydrogen) atoms. The molecule has 1 aliphatic carbocycles. The van der Waals surface area contributed by atoms with E-state index in [1.165, 1.54) is 0 Å². The third kappa shape index (κ3) is 0.960. The number of phenols is 1. The zero-order valence-corrected chi connectivity index (χ0v) is 8.49. The highest BCUT2D eigenvalue weighted by Crippen LogP contribution is 2.43. The summed E-state index contributed by atoms with van der Waals surface area (Å²) in [5.41, 5.74) is 2.85. The number of Topliss-reactive ketones (excluding diaryl/α,β-unsaturated/α-hetero) is 1. The van der Waals surface area contributed by atoms with Crippen LogP contribution in [0.1, 0.15) is 27.9 Å². The second-order valence-electron chi connectivity index (χ2n) is 3.76. The zero-order chi connectivity index (χ0) is 9.71. The van der Waals surface area contributed by atoms with Crippen LogP contribution in [0.4, 0.5) is 0 Å². The van der Waals surface area contributed by atoms with Gasteiger partial charge in [-0.05, 0) is 24.5 Å². The average molecular weight is 206 g/mol. The molecule has 0 unspecified atom stereocenters. The molecule has 3 heteroatoms. The van der Waals surface area contributed by atoms with E-state index >= 15 is 0 Å². The van der Waals surface area contributed by atoms with Gasteiger partial charge in [-0.15, -0.1) is 11.8 Å². The van der Waals surface area contributed by atoms with E-state index in [9.17, 15) is 9.90 Å². The van der Waals surface area contributed by atoms with Gasteiger partial charge in [0.1, 0.15) is 5.75 Å². The highest BCUT2D eigenvalue weighted by atomic mass is 32.2. The van der Waals surface area contributed by atoms with Crippen LogP contribution in [0.25, 0.3) is 0 Å². The number of hydrogen-bond acceptors (Lipinski definition) is 3. The van der Waals surface area contributed by atoms with Crippen molar-refractivity contribution in [3.8, 4) is 5.75 Å². The van der Waals surface area contributed by atoms with Crippen LogP contribution in [0.5, 0.6) is 5.75 Å². The first kappa shape index (κ1) is 8.36. The highest BCUT2D eigenvalue weighted by Gasteiger charge is 2.29. The zero-order valence-electron chi connectivity index (χ0n) is 7.67. The van der Waals surface area contributed by atoms with Crippen LogP contribution < -0.4 is 0 Å². The number of benzene rings is 1. The summed E-state index contributed by atoms with van der Waals surface area (Å²) in [4.78, 5) is 12.8. The van der Waals surface area contributed by atoms with Crippen LogP contribution in [0.15, 0.2) is 11.0 Å². The molecule has 0 bridgehead atoms. The predicted octanol–water partition coefficient (Wildman–Crippen LogP) is 2.17. The first-order chi connectivity index (χ1) is 6.77. The first-order valence-corrected chi connectivity index (χ1v) is 5.79. The Bertz CT molecular complexity index is 437. The molecule has 0 radical (unpaired) electrons. The van der Waals surface area contributed by atoms with Gasteiger partial charge in [0.15, 0.2) is 5.78 Å². The third-order valence-corrected chi connectivity index (χ3v) is 4.10. The van der Waals surface area contributed by atoms with Gasteiger partial charge in [0.25, 0.3) is 0 Å². The standard InChI is InChI=1S/C11H10O2S/c12-8-2-1-7-9(13)5-6-3-4-14-11(6)10(7)8/h5,13H,1-4H2. The van der Waals surface area contributed by atoms with Crippen molar-refractivity contribution in [2.24, 2.45) is 0 Å². The van der Waals surface area contributed by atoms with Gasteiger partial charge in [0.05, 0.1) is 0 Å². The van der Waals surface area contributed by atoms with E-state index in [0.717, 1.165) is 33.8 Å². The van der Waals surface area contributed by atoms with Crippen molar-refractivity contribution in [3.63, 3.8) is 0 Å². The molecule has 0 saturated heterocycles.